The predicted molar refractivity (Wildman–Crippen MR) is 100 cm³/mol. The number of anilines is 3. The van der Waals surface area contributed by atoms with Crippen LogP contribution in [0, 0.1) is 0 Å². The molecule has 8 nitrogen and oxygen atoms in total. The highest BCUT2D eigenvalue weighted by atomic mass is 16.2. The number of benzene rings is 1. The Balaban J connectivity index is 1.68. The summed E-state index contributed by atoms with van der Waals surface area (Å²) in [6, 6.07) is 13.2. The van der Waals surface area contributed by atoms with Gasteiger partial charge < -0.3 is 11.1 Å². The van der Waals surface area contributed by atoms with Crippen molar-refractivity contribution in [1.82, 2.24) is 20.4 Å². The fourth-order valence-corrected chi connectivity index (χ4v) is 2.33. The number of aromatic nitrogens is 3. The Kier molecular flexibility index (Phi) is 5.23. The number of amides is 1. The van der Waals surface area contributed by atoms with Gasteiger partial charge in [0.15, 0.2) is 11.6 Å². The molecule has 26 heavy (non-hydrogen) atoms. The topological polar surface area (TPSA) is 118 Å². The number of carbonyl (C=O) groups excluding carboxylic acids is 1. The highest BCUT2D eigenvalue weighted by Gasteiger charge is 2.13. The Hall–Kier alpha value is -3.68. The van der Waals surface area contributed by atoms with Crippen molar-refractivity contribution in [1.29, 1.82) is 0 Å². The molecule has 1 atom stereocenters. The smallest absolute Gasteiger partial charge is 0.269 e. The van der Waals surface area contributed by atoms with Gasteiger partial charge in [-0.3, -0.25) is 20.6 Å². The summed E-state index contributed by atoms with van der Waals surface area (Å²) in [6.07, 6.45) is 4.46. The van der Waals surface area contributed by atoms with Gasteiger partial charge in [0.2, 0.25) is 0 Å². The zero-order valence-corrected chi connectivity index (χ0v) is 14.2. The van der Waals surface area contributed by atoms with Gasteiger partial charge in [-0.2, -0.15) is 0 Å². The van der Waals surface area contributed by atoms with Gasteiger partial charge in [0.1, 0.15) is 12.0 Å². The molecule has 8 heteroatoms. The van der Waals surface area contributed by atoms with Gasteiger partial charge in [-0.15, -0.1) is 0 Å². The first-order chi connectivity index (χ1) is 12.6. The molecular weight excluding hydrogens is 330 g/mol. The predicted octanol–water partition coefficient (Wildman–Crippen LogP) is 2.38. The summed E-state index contributed by atoms with van der Waals surface area (Å²) in [6.45, 7) is 2.01. The second-order valence-corrected chi connectivity index (χ2v) is 5.58. The minimum Gasteiger partial charge on any atom is -0.393 e. The molecule has 0 aliphatic heterocycles. The maximum atomic E-state index is 12.1. The molecule has 0 saturated heterocycles. The van der Waals surface area contributed by atoms with E-state index in [1.807, 2.05) is 37.3 Å². The van der Waals surface area contributed by atoms with Crippen LogP contribution in [0.5, 0.6) is 0 Å². The molecule has 0 fully saturated rings. The van der Waals surface area contributed by atoms with Gasteiger partial charge in [-0.25, -0.2) is 9.97 Å². The zero-order chi connectivity index (χ0) is 18.4. The van der Waals surface area contributed by atoms with Crippen molar-refractivity contribution < 1.29 is 4.79 Å². The summed E-state index contributed by atoms with van der Waals surface area (Å²) < 4.78 is 0. The van der Waals surface area contributed by atoms with E-state index in [1.54, 1.807) is 24.5 Å². The van der Waals surface area contributed by atoms with Crippen molar-refractivity contribution in [3.63, 3.8) is 0 Å². The van der Waals surface area contributed by atoms with Gasteiger partial charge in [0.25, 0.3) is 5.91 Å². The van der Waals surface area contributed by atoms with Gasteiger partial charge in [-0.05, 0) is 24.6 Å². The van der Waals surface area contributed by atoms with Crippen LogP contribution in [0.25, 0.3) is 0 Å². The van der Waals surface area contributed by atoms with Crippen molar-refractivity contribution in [2.45, 2.75) is 13.0 Å². The summed E-state index contributed by atoms with van der Waals surface area (Å²) in [5.41, 5.74) is 13.3. The quantitative estimate of drug-likeness (QED) is 0.505. The number of pyridine rings is 1. The Labute approximate surface area is 150 Å². The number of rotatable bonds is 6. The van der Waals surface area contributed by atoms with Crippen molar-refractivity contribution in [3.8, 4) is 0 Å². The van der Waals surface area contributed by atoms with Gasteiger partial charge >= 0.3 is 0 Å². The fourth-order valence-electron chi connectivity index (χ4n) is 2.33. The molecule has 1 aromatic carbocycles. The van der Waals surface area contributed by atoms with E-state index < -0.39 is 0 Å². The van der Waals surface area contributed by atoms with E-state index in [4.69, 9.17) is 5.73 Å². The maximum absolute atomic E-state index is 12.1. The van der Waals surface area contributed by atoms with Crippen LogP contribution in [-0.4, -0.2) is 20.9 Å². The molecule has 5 N–H and O–H groups in total. The second-order valence-electron chi connectivity index (χ2n) is 5.58. The molecule has 1 amide bonds. The molecule has 3 rings (SSSR count). The standard InChI is InChI=1S/C18H19N7O/c1-12(13-5-3-2-4-6-13)23-16-15(19)17(22-11-21-16)24-25-18(26)14-7-9-20-10-8-14/h2-12H,19H2,1H3,(H,25,26)(H2,21,22,23,24). The van der Waals surface area contributed by atoms with E-state index >= 15 is 0 Å². The number of nitrogen functional groups attached to an aromatic ring is 1. The third-order valence-electron chi connectivity index (χ3n) is 3.77. The van der Waals surface area contributed by atoms with E-state index in [9.17, 15) is 4.79 Å². The SMILES string of the molecule is CC(Nc1ncnc(NNC(=O)c2ccncc2)c1N)c1ccccc1. The van der Waals surface area contributed by atoms with Crippen molar-refractivity contribution in [2.75, 3.05) is 16.5 Å². The zero-order valence-electron chi connectivity index (χ0n) is 14.2. The lowest BCUT2D eigenvalue weighted by Gasteiger charge is -2.17. The lowest BCUT2D eigenvalue weighted by Crippen LogP contribution is -2.30. The third-order valence-corrected chi connectivity index (χ3v) is 3.77. The van der Waals surface area contributed by atoms with Gasteiger partial charge in [0.05, 0.1) is 6.04 Å². The molecule has 2 aromatic heterocycles. The molecular formula is C18H19N7O. The van der Waals surface area contributed by atoms with Crippen LogP contribution in [0.2, 0.25) is 0 Å². The van der Waals surface area contributed by atoms with E-state index in [1.165, 1.54) is 6.33 Å². The number of hydrogen-bond donors (Lipinski definition) is 4. The van der Waals surface area contributed by atoms with Crippen LogP contribution < -0.4 is 21.9 Å². The summed E-state index contributed by atoms with van der Waals surface area (Å²) in [5.74, 6) is 0.472. The Bertz CT molecular complexity index is 871. The van der Waals surface area contributed by atoms with Crippen LogP contribution >= 0.6 is 0 Å². The number of nitrogens with one attached hydrogen (secondary N) is 3. The molecule has 2 heterocycles. The van der Waals surface area contributed by atoms with E-state index in [-0.39, 0.29) is 11.9 Å². The second kappa shape index (κ2) is 7.93. The first-order valence-electron chi connectivity index (χ1n) is 8.03. The number of nitrogens with two attached hydrogens (primary N) is 1. The van der Waals surface area contributed by atoms with Crippen LogP contribution in [0.1, 0.15) is 28.9 Å². The number of nitrogens with zero attached hydrogens (tertiary/aromatic N) is 3. The molecule has 0 bridgehead atoms. The average molecular weight is 349 g/mol. The lowest BCUT2D eigenvalue weighted by atomic mass is 10.1. The Morgan fingerprint density at radius 3 is 2.46 bits per heavy atom. The first kappa shape index (κ1) is 17.2. The third kappa shape index (κ3) is 4.04. The molecule has 0 radical (unpaired) electrons. The number of hydrazine groups is 1. The van der Waals surface area contributed by atoms with Gasteiger partial charge in [0, 0.05) is 18.0 Å². The molecule has 3 aromatic rings. The van der Waals surface area contributed by atoms with Crippen molar-refractivity contribution >= 4 is 23.2 Å². The summed E-state index contributed by atoms with van der Waals surface area (Å²) in [5, 5.41) is 3.25. The van der Waals surface area contributed by atoms with E-state index in [0.717, 1.165) is 5.56 Å². The molecule has 0 aliphatic rings. The largest absolute Gasteiger partial charge is 0.393 e. The Morgan fingerprint density at radius 1 is 1.04 bits per heavy atom. The first-order valence-corrected chi connectivity index (χ1v) is 8.03. The summed E-state index contributed by atoms with van der Waals surface area (Å²) in [7, 11) is 0. The van der Waals surface area contributed by atoms with Crippen molar-refractivity contribution in [2.24, 2.45) is 0 Å². The van der Waals surface area contributed by atoms with Crippen LogP contribution in [0.4, 0.5) is 17.3 Å². The minimum absolute atomic E-state index is 0.00709. The van der Waals surface area contributed by atoms with E-state index in [0.29, 0.717) is 22.9 Å². The summed E-state index contributed by atoms with van der Waals surface area (Å²) in [4.78, 5) is 24.2. The van der Waals surface area contributed by atoms with Gasteiger partial charge in [-0.1, -0.05) is 30.3 Å². The summed E-state index contributed by atoms with van der Waals surface area (Å²) >= 11 is 0. The highest BCUT2D eigenvalue weighted by molar-refractivity contribution is 5.95. The lowest BCUT2D eigenvalue weighted by molar-refractivity contribution is 0.0962. The number of carbonyl (C=O) groups is 1. The van der Waals surface area contributed by atoms with Crippen LogP contribution in [0.3, 0.4) is 0 Å². The van der Waals surface area contributed by atoms with Crippen LogP contribution in [-0.2, 0) is 0 Å². The molecule has 132 valence electrons. The highest BCUT2D eigenvalue weighted by Crippen LogP contribution is 2.26. The maximum Gasteiger partial charge on any atom is 0.269 e. The normalized spacial score (nSPS) is 11.4. The van der Waals surface area contributed by atoms with E-state index in [2.05, 4.69) is 31.1 Å². The minimum atomic E-state index is -0.322. The number of hydrogen-bond acceptors (Lipinski definition) is 7. The van der Waals surface area contributed by atoms with Crippen molar-refractivity contribution in [3.05, 3.63) is 72.3 Å². The molecule has 1 unspecified atom stereocenters. The van der Waals surface area contributed by atoms with Crippen LogP contribution in [0.15, 0.2) is 61.2 Å². The fraction of sp³-hybridized carbons (Fsp3) is 0.111. The monoisotopic (exact) mass is 349 g/mol. The molecule has 0 spiro atoms. The molecule has 0 saturated carbocycles. The molecule has 0 aliphatic carbocycles. The average Bonchev–Trinajstić information content (AvgIpc) is 2.69. The Morgan fingerprint density at radius 2 is 1.73 bits per heavy atom.